The van der Waals surface area contributed by atoms with Gasteiger partial charge >= 0.3 is 0 Å². The number of rotatable bonds is 7. The number of guanidine groups is 1. The van der Waals surface area contributed by atoms with Gasteiger partial charge in [-0.15, -0.1) is 0 Å². The molecule has 4 rings (SSSR count). The summed E-state index contributed by atoms with van der Waals surface area (Å²) in [6.07, 6.45) is 1.52. The zero-order valence-corrected chi connectivity index (χ0v) is 19.4. The van der Waals surface area contributed by atoms with E-state index in [2.05, 4.69) is 53.5 Å². The van der Waals surface area contributed by atoms with E-state index in [0.29, 0.717) is 6.54 Å². The van der Waals surface area contributed by atoms with Crippen molar-refractivity contribution in [1.29, 1.82) is 0 Å². The highest BCUT2D eigenvalue weighted by Crippen LogP contribution is 2.25. The van der Waals surface area contributed by atoms with Crippen LogP contribution in [-0.2, 0) is 13.1 Å². The van der Waals surface area contributed by atoms with Crippen LogP contribution in [0.5, 0.6) is 11.5 Å². The van der Waals surface area contributed by atoms with E-state index in [4.69, 9.17) is 9.47 Å². The smallest absolute Gasteiger partial charge is 0.194 e. The van der Waals surface area contributed by atoms with E-state index in [9.17, 15) is 0 Å². The average Bonchev–Trinajstić information content (AvgIpc) is 3.41. The van der Waals surface area contributed by atoms with Gasteiger partial charge in [-0.05, 0) is 29.8 Å². The average molecular weight is 450 g/mol. The van der Waals surface area contributed by atoms with E-state index < -0.39 is 0 Å². The monoisotopic (exact) mass is 449 g/mol. The van der Waals surface area contributed by atoms with Gasteiger partial charge < -0.3 is 19.7 Å². The van der Waals surface area contributed by atoms with Crippen LogP contribution in [0, 0.1) is 0 Å². The van der Waals surface area contributed by atoms with Crippen LogP contribution in [0.4, 0.5) is 0 Å². The van der Waals surface area contributed by atoms with Gasteiger partial charge in [0.2, 0.25) is 0 Å². The highest BCUT2D eigenvalue weighted by molar-refractivity contribution is 5.80. The summed E-state index contributed by atoms with van der Waals surface area (Å²) < 4.78 is 10.9. The van der Waals surface area contributed by atoms with Crippen LogP contribution in [0.1, 0.15) is 11.1 Å². The van der Waals surface area contributed by atoms with E-state index in [1.807, 2.05) is 31.3 Å². The zero-order valence-electron chi connectivity index (χ0n) is 19.4. The van der Waals surface area contributed by atoms with Crippen LogP contribution in [-0.4, -0.2) is 78.4 Å². The molecule has 0 aliphatic carbocycles. The molecule has 0 unspecified atom stereocenters. The Morgan fingerprint density at radius 1 is 1.09 bits per heavy atom. The summed E-state index contributed by atoms with van der Waals surface area (Å²) in [6, 6.07) is 14.2. The van der Waals surface area contributed by atoms with Crippen molar-refractivity contribution in [2.45, 2.75) is 13.1 Å². The number of hydrogen-bond donors (Lipinski definition) is 2. The lowest BCUT2D eigenvalue weighted by atomic mass is 10.1. The minimum Gasteiger partial charge on any atom is -0.497 e. The third kappa shape index (κ3) is 5.61. The summed E-state index contributed by atoms with van der Waals surface area (Å²) in [5, 5.41) is 10.3. The maximum absolute atomic E-state index is 5.54. The second-order valence-electron chi connectivity index (χ2n) is 7.88. The minimum absolute atomic E-state index is 0.690. The van der Waals surface area contributed by atoms with Gasteiger partial charge in [0.15, 0.2) is 11.8 Å². The van der Waals surface area contributed by atoms with Crippen molar-refractivity contribution >= 4 is 5.96 Å². The van der Waals surface area contributed by atoms with Crippen LogP contribution in [0.25, 0.3) is 11.4 Å². The SMILES string of the molecule is CN=C(NCc1cccc(-c2ncn[nH]2)c1)N1CCN(Cc2cc(OC)ccc2OC)CC1. The molecular formula is C24H31N7O2. The Kier molecular flexibility index (Phi) is 7.41. The number of aliphatic imine (C=N–C) groups is 1. The number of nitrogens with one attached hydrogen (secondary N) is 2. The number of H-pyrrole nitrogens is 1. The molecule has 0 radical (unpaired) electrons. The molecule has 1 aliphatic rings. The van der Waals surface area contributed by atoms with Crippen LogP contribution in [0.15, 0.2) is 53.8 Å². The van der Waals surface area contributed by atoms with Gasteiger partial charge in [0.05, 0.1) is 14.2 Å². The Morgan fingerprint density at radius 3 is 2.64 bits per heavy atom. The third-order valence-electron chi connectivity index (χ3n) is 5.83. The summed E-state index contributed by atoms with van der Waals surface area (Å²) >= 11 is 0. The Bertz CT molecular complexity index is 1060. The number of nitrogens with zero attached hydrogens (tertiary/aromatic N) is 5. The molecule has 3 aromatic rings. The first-order chi connectivity index (χ1) is 16.2. The molecule has 0 bridgehead atoms. The Balaban J connectivity index is 1.31. The molecule has 1 saturated heterocycles. The molecule has 1 aromatic heterocycles. The number of piperazine rings is 1. The Hall–Kier alpha value is -3.59. The summed E-state index contributed by atoms with van der Waals surface area (Å²) in [7, 11) is 5.23. The largest absolute Gasteiger partial charge is 0.497 e. The molecule has 2 N–H and O–H groups in total. The van der Waals surface area contributed by atoms with Crippen molar-refractivity contribution in [3.63, 3.8) is 0 Å². The molecule has 0 atom stereocenters. The van der Waals surface area contributed by atoms with E-state index >= 15 is 0 Å². The molecule has 0 spiro atoms. The molecule has 9 nitrogen and oxygen atoms in total. The van der Waals surface area contributed by atoms with Gasteiger partial charge in [0.25, 0.3) is 0 Å². The van der Waals surface area contributed by atoms with E-state index in [1.54, 1.807) is 14.2 Å². The second kappa shape index (κ2) is 10.8. The lowest BCUT2D eigenvalue weighted by Crippen LogP contribution is -2.52. The van der Waals surface area contributed by atoms with Crippen molar-refractivity contribution in [2.24, 2.45) is 4.99 Å². The maximum Gasteiger partial charge on any atom is 0.194 e. The van der Waals surface area contributed by atoms with Crippen molar-refractivity contribution in [3.8, 4) is 22.9 Å². The summed E-state index contributed by atoms with van der Waals surface area (Å²) in [6.45, 7) is 5.22. The van der Waals surface area contributed by atoms with Crippen LogP contribution in [0.3, 0.4) is 0 Å². The molecule has 9 heteroatoms. The molecule has 2 aromatic carbocycles. The summed E-state index contributed by atoms with van der Waals surface area (Å²) in [5.41, 5.74) is 3.32. The highest BCUT2D eigenvalue weighted by Gasteiger charge is 2.21. The normalized spacial score (nSPS) is 14.9. The summed E-state index contributed by atoms with van der Waals surface area (Å²) in [4.78, 5) is 13.5. The first-order valence-corrected chi connectivity index (χ1v) is 11.0. The quantitative estimate of drug-likeness (QED) is 0.423. The van der Waals surface area contributed by atoms with E-state index in [-0.39, 0.29) is 0 Å². The van der Waals surface area contributed by atoms with Crippen molar-refractivity contribution in [1.82, 2.24) is 30.3 Å². The first-order valence-electron chi connectivity index (χ1n) is 11.0. The van der Waals surface area contributed by atoms with Gasteiger partial charge in [0.1, 0.15) is 17.8 Å². The molecule has 1 fully saturated rings. The van der Waals surface area contributed by atoms with Crippen LogP contribution >= 0.6 is 0 Å². The molecule has 0 amide bonds. The second-order valence-corrected chi connectivity index (χ2v) is 7.88. The lowest BCUT2D eigenvalue weighted by Gasteiger charge is -2.36. The standard InChI is InChI=1S/C24H31N7O2/c1-25-24(26-15-18-5-4-6-19(13-18)23-27-17-28-29-23)31-11-9-30(10-12-31)16-20-14-21(32-2)7-8-22(20)33-3/h4-8,13-14,17H,9-12,15-16H2,1-3H3,(H,25,26)(H,27,28,29). The number of benzene rings is 2. The highest BCUT2D eigenvalue weighted by atomic mass is 16.5. The fraction of sp³-hybridized carbons (Fsp3) is 0.375. The molecule has 0 saturated carbocycles. The fourth-order valence-corrected chi connectivity index (χ4v) is 4.05. The Labute approximate surface area is 194 Å². The van der Waals surface area contributed by atoms with Crippen molar-refractivity contribution < 1.29 is 9.47 Å². The van der Waals surface area contributed by atoms with E-state index in [1.165, 1.54) is 6.33 Å². The lowest BCUT2D eigenvalue weighted by molar-refractivity contribution is 0.171. The number of hydrogen-bond acceptors (Lipinski definition) is 6. The fourth-order valence-electron chi connectivity index (χ4n) is 4.05. The van der Waals surface area contributed by atoms with E-state index in [0.717, 1.165) is 72.7 Å². The topological polar surface area (TPSA) is 90.9 Å². The van der Waals surface area contributed by atoms with Crippen molar-refractivity contribution in [2.75, 3.05) is 47.4 Å². The molecule has 174 valence electrons. The zero-order chi connectivity index (χ0) is 23.0. The number of ether oxygens (including phenoxy) is 2. The molecule has 1 aliphatic heterocycles. The van der Waals surface area contributed by atoms with Crippen LogP contribution in [0.2, 0.25) is 0 Å². The summed E-state index contributed by atoms with van der Waals surface area (Å²) in [5.74, 6) is 3.42. The first kappa shape index (κ1) is 22.6. The minimum atomic E-state index is 0.690. The maximum atomic E-state index is 5.54. The number of methoxy groups -OCH3 is 2. The molecular weight excluding hydrogens is 418 g/mol. The molecule has 2 heterocycles. The van der Waals surface area contributed by atoms with Gasteiger partial charge in [-0.3, -0.25) is 15.0 Å². The van der Waals surface area contributed by atoms with Gasteiger partial charge in [0, 0.05) is 57.4 Å². The molecule has 33 heavy (non-hydrogen) atoms. The third-order valence-corrected chi connectivity index (χ3v) is 5.83. The van der Waals surface area contributed by atoms with Crippen molar-refractivity contribution in [3.05, 3.63) is 59.9 Å². The number of aromatic nitrogens is 3. The predicted octanol–water partition coefficient (Wildman–Crippen LogP) is 2.38. The van der Waals surface area contributed by atoms with Gasteiger partial charge in [-0.1, -0.05) is 18.2 Å². The predicted molar refractivity (Wildman–Crippen MR) is 128 cm³/mol. The van der Waals surface area contributed by atoms with Gasteiger partial charge in [-0.25, -0.2) is 4.98 Å². The van der Waals surface area contributed by atoms with Crippen LogP contribution < -0.4 is 14.8 Å². The van der Waals surface area contributed by atoms with Gasteiger partial charge in [-0.2, -0.15) is 5.10 Å². The Morgan fingerprint density at radius 2 is 1.94 bits per heavy atom. The number of aromatic amines is 1.